The van der Waals surface area contributed by atoms with Crippen LogP contribution in [-0.4, -0.2) is 22.4 Å². The number of H-pyrrole nitrogens is 1. The van der Waals surface area contributed by atoms with Crippen molar-refractivity contribution in [2.45, 2.75) is 50.9 Å². The molecule has 0 saturated heterocycles. The van der Waals surface area contributed by atoms with Gasteiger partial charge in [0.15, 0.2) is 0 Å². The zero-order valence-corrected chi connectivity index (χ0v) is 16.6. The molecule has 3 aromatic rings. The number of para-hydroxylation sites is 1. The van der Waals surface area contributed by atoms with Crippen LogP contribution >= 0.6 is 0 Å². The second kappa shape index (κ2) is 8.17. The van der Waals surface area contributed by atoms with Crippen LogP contribution in [0.15, 0.2) is 54.9 Å². The quantitative estimate of drug-likeness (QED) is 0.653. The maximum atomic E-state index is 12.9. The van der Waals surface area contributed by atoms with E-state index in [2.05, 4.69) is 39.6 Å². The van der Waals surface area contributed by atoms with Gasteiger partial charge in [-0.05, 0) is 43.0 Å². The predicted octanol–water partition coefficient (Wildman–Crippen LogP) is 4.76. The summed E-state index contributed by atoms with van der Waals surface area (Å²) in [6.07, 6.45) is 10.5. The zero-order chi connectivity index (χ0) is 19.4. The number of rotatable bonds is 6. The van der Waals surface area contributed by atoms with Crippen molar-refractivity contribution in [1.29, 1.82) is 0 Å². The van der Waals surface area contributed by atoms with Crippen LogP contribution in [-0.2, 0) is 16.6 Å². The van der Waals surface area contributed by atoms with Gasteiger partial charge in [0.25, 0.3) is 0 Å². The minimum Gasteiger partial charge on any atom is -0.361 e. The van der Waals surface area contributed by atoms with Crippen LogP contribution in [0, 0.1) is 5.92 Å². The van der Waals surface area contributed by atoms with Crippen LogP contribution in [0.1, 0.15) is 50.3 Å². The summed E-state index contributed by atoms with van der Waals surface area (Å²) < 4.78 is 0. The van der Waals surface area contributed by atoms with Crippen LogP contribution < -0.4 is 5.32 Å². The lowest BCUT2D eigenvalue weighted by molar-refractivity contribution is -0.124. The van der Waals surface area contributed by atoms with E-state index in [1.807, 2.05) is 37.5 Å². The number of pyridine rings is 1. The molecule has 1 saturated carbocycles. The number of carbonyl (C=O) groups is 1. The standard InChI is InChI=1S/C24H29N3O/c1-18(15-19-16-26-21-10-4-3-9-20(19)21)23(28)27-17-24(12-6-2-7-13-24)22-11-5-8-14-25-22/h3-5,8-11,14,16,18,26H,2,6-7,12-13,15,17H2,1H3,(H,27,28). The fourth-order valence-electron chi connectivity index (χ4n) is 4.58. The van der Waals surface area contributed by atoms with Crippen molar-refractivity contribution < 1.29 is 4.79 Å². The van der Waals surface area contributed by atoms with Crippen molar-refractivity contribution >= 4 is 16.8 Å². The number of nitrogens with zero attached hydrogens (tertiary/aromatic N) is 1. The van der Waals surface area contributed by atoms with Crippen molar-refractivity contribution in [3.63, 3.8) is 0 Å². The third-order valence-electron chi connectivity index (χ3n) is 6.27. The number of carbonyl (C=O) groups excluding carboxylic acids is 1. The van der Waals surface area contributed by atoms with Gasteiger partial charge in [0.1, 0.15) is 0 Å². The number of fused-ring (bicyclic) bond motifs is 1. The highest BCUT2D eigenvalue weighted by Gasteiger charge is 2.35. The Morgan fingerprint density at radius 2 is 1.93 bits per heavy atom. The molecule has 2 aromatic heterocycles. The fraction of sp³-hybridized carbons (Fsp3) is 0.417. The summed E-state index contributed by atoms with van der Waals surface area (Å²) in [5, 5.41) is 4.47. The van der Waals surface area contributed by atoms with Gasteiger partial charge in [0.2, 0.25) is 5.91 Å². The van der Waals surface area contributed by atoms with Crippen molar-refractivity contribution in [1.82, 2.24) is 15.3 Å². The minimum absolute atomic E-state index is 0.0182. The summed E-state index contributed by atoms with van der Waals surface area (Å²) in [6, 6.07) is 14.4. The van der Waals surface area contributed by atoms with E-state index in [9.17, 15) is 4.79 Å². The molecule has 0 aliphatic heterocycles. The first-order chi connectivity index (χ1) is 13.7. The number of nitrogens with one attached hydrogen (secondary N) is 2. The minimum atomic E-state index is -0.0661. The van der Waals surface area contributed by atoms with Gasteiger partial charge in [-0.1, -0.05) is 50.5 Å². The van der Waals surface area contributed by atoms with E-state index >= 15 is 0 Å². The van der Waals surface area contributed by atoms with Crippen molar-refractivity contribution in [2.75, 3.05) is 6.54 Å². The van der Waals surface area contributed by atoms with Gasteiger partial charge in [0.05, 0.1) is 0 Å². The van der Waals surface area contributed by atoms with Gasteiger partial charge in [0, 0.05) is 46.9 Å². The molecule has 1 aliphatic rings. The Labute approximate surface area is 166 Å². The van der Waals surface area contributed by atoms with Crippen LogP contribution in [0.4, 0.5) is 0 Å². The van der Waals surface area contributed by atoms with E-state index in [4.69, 9.17) is 0 Å². The van der Waals surface area contributed by atoms with Crippen LogP contribution in [0.2, 0.25) is 0 Å². The smallest absolute Gasteiger partial charge is 0.223 e. The second-order valence-electron chi connectivity index (χ2n) is 8.24. The molecule has 0 radical (unpaired) electrons. The van der Waals surface area contributed by atoms with Crippen LogP contribution in [0.3, 0.4) is 0 Å². The third-order valence-corrected chi connectivity index (χ3v) is 6.27. The predicted molar refractivity (Wildman–Crippen MR) is 113 cm³/mol. The van der Waals surface area contributed by atoms with E-state index in [-0.39, 0.29) is 17.2 Å². The van der Waals surface area contributed by atoms with E-state index in [1.165, 1.54) is 30.2 Å². The molecule has 4 nitrogen and oxygen atoms in total. The molecule has 2 heterocycles. The average Bonchev–Trinajstić information content (AvgIpc) is 3.16. The lowest BCUT2D eigenvalue weighted by Gasteiger charge is -2.37. The third kappa shape index (κ3) is 3.82. The highest BCUT2D eigenvalue weighted by Crippen LogP contribution is 2.38. The van der Waals surface area contributed by atoms with Crippen LogP contribution in [0.5, 0.6) is 0 Å². The van der Waals surface area contributed by atoms with E-state index in [1.54, 1.807) is 0 Å². The van der Waals surface area contributed by atoms with Crippen molar-refractivity contribution in [3.8, 4) is 0 Å². The molecule has 4 heteroatoms. The van der Waals surface area contributed by atoms with Crippen LogP contribution in [0.25, 0.3) is 10.9 Å². The number of benzene rings is 1. The van der Waals surface area contributed by atoms with Gasteiger partial charge >= 0.3 is 0 Å². The molecule has 1 aliphatic carbocycles. The molecule has 0 spiro atoms. The summed E-state index contributed by atoms with van der Waals surface area (Å²) in [7, 11) is 0. The van der Waals surface area contributed by atoms with Gasteiger partial charge in [-0.2, -0.15) is 0 Å². The normalized spacial score (nSPS) is 17.3. The first-order valence-corrected chi connectivity index (χ1v) is 10.4. The highest BCUT2D eigenvalue weighted by molar-refractivity contribution is 5.84. The summed E-state index contributed by atoms with van der Waals surface area (Å²) in [6.45, 7) is 2.70. The first kappa shape index (κ1) is 18.7. The molecule has 2 N–H and O–H groups in total. The summed E-state index contributed by atoms with van der Waals surface area (Å²) in [5.74, 6) is 0.0646. The lowest BCUT2D eigenvalue weighted by atomic mass is 9.71. The number of aromatic amines is 1. The number of aromatic nitrogens is 2. The van der Waals surface area contributed by atoms with Gasteiger partial charge in [-0.25, -0.2) is 0 Å². The fourth-order valence-corrected chi connectivity index (χ4v) is 4.58. The maximum absolute atomic E-state index is 12.9. The molecule has 1 atom stereocenters. The largest absolute Gasteiger partial charge is 0.361 e. The Hall–Kier alpha value is -2.62. The van der Waals surface area contributed by atoms with Gasteiger partial charge in [-0.15, -0.1) is 0 Å². The van der Waals surface area contributed by atoms with E-state index in [0.29, 0.717) is 6.54 Å². The molecule has 146 valence electrons. The molecule has 28 heavy (non-hydrogen) atoms. The zero-order valence-electron chi connectivity index (χ0n) is 16.6. The summed E-state index contributed by atoms with van der Waals surface area (Å²) in [4.78, 5) is 20.8. The second-order valence-corrected chi connectivity index (χ2v) is 8.24. The van der Waals surface area contributed by atoms with Crippen molar-refractivity contribution in [3.05, 3.63) is 66.1 Å². The van der Waals surface area contributed by atoms with E-state index in [0.717, 1.165) is 30.5 Å². The molecule has 4 rings (SSSR count). The Kier molecular flexibility index (Phi) is 5.47. The first-order valence-electron chi connectivity index (χ1n) is 10.4. The Morgan fingerprint density at radius 3 is 2.71 bits per heavy atom. The molecule has 1 unspecified atom stereocenters. The average molecular weight is 376 g/mol. The molecule has 1 fully saturated rings. The SMILES string of the molecule is CC(Cc1c[nH]c2ccccc12)C(=O)NCC1(c2ccccn2)CCCCC1. The Morgan fingerprint density at radius 1 is 1.14 bits per heavy atom. The van der Waals surface area contributed by atoms with E-state index < -0.39 is 0 Å². The molecular formula is C24H29N3O. The van der Waals surface area contributed by atoms with Gasteiger partial charge in [-0.3, -0.25) is 9.78 Å². The summed E-state index contributed by atoms with van der Waals surface area (Å²) >= 11 is 0. The van der Waals surface area contributed by atoms with Crippen molar-refractivity contribution in [2.24, 2.45) is 5.92 Å². The van der Waals surface area contributed by atoms with Gasteiger partial charge < -0.3 is 10.3 Å². The molecule has 0 bridgehead atoms. The number of hydrogen-bond donors (Lipinski definition) is 2. The number of amides is 1. The molecule has 1 aromatic carbocycles. The maximum Gasteiger partial charge on any atom is 0.223 e. The number of hydrogen-bond acceptors (Lipinski definition) is 2. The lowest BCUT2D eigenvalue weighted by Crippen LogP contribution is -2.44. The molecule has 1 amide bonds. The Bertz CT molecular complexity index is 925. The Balaban J connectivity index is 1.43. The summed E-state index contributed by atoms with van der Waals surface area (Å²) in [5.41, 5.74) is 3.44. The highest BCUT2D eigenvalue weighted by atomic mass is 16.1. The topological polar surface area (TPSA) is 57.8 Å². The monoisotopic (exact) mass is 375 g/mol. The molecular weight excluding hydrogens is 346 g/mol.